The first-order valence-corrected chi connectivity index (χ1v) is 10.4. The van der Waals surface area contributed by atoms with E-state index in [-0.39, 0.29) is 18.0 Å². The van der Waals surface area contributed by atoms with E-state index in [0.717, 1.165) is 37.8 Å². The second kappa shape index (κ2) is 12.8. The standard InChI is InChI=1S/C21H32N4O4/c26-19(22-16-10-4-1-5-11-16)15-9-3-8-14-18(20(27)25-29)24-21(28)23-17-12-6-2-7-13-17/h1,4-5,10-11,17-18,29H,2-3,6-9,12-15H2,(H,22,26)(H,25,27)(H2,23,24,28)/t18-/m0/s1. The summed E-state index contributed by atoms with van der Waals surface area (Å²) in [6.45, 7) is 0. The van der Waals surface area contributed by atoms with Gasteiger partial charge in [-0.1, -0.05) is 50.3 Å². The Morgan fingerprint density at radius 3 is 2.41 bits per heavy atom. The maximum Gasteiger partial charge on any atom is 0.315 e. The van der Waals surface area contributed by atoms with Gasteiger partial charge in [-0.25, -0.2) is 10.3 Å². The van der Waals surface area contributed by atoms with Crippen LogP contribution in [-0.4, -0.2) is 35.1 Å². The summed E-state index contributed by atoms with van der Waals surface area (Å²) in [6.07, 6.45) is 8.16. The van der Waals surface area contributed by atoms with E-state index >= 15 is 0 Å². The van der Waals surface area contributed by atoms with Crippen LogP contribution in [0.3, 0.4) is 0 Å². The van der Waals surface area contributed by atoms with Crippen molar-refractivity contribution in [1.82, 2.24) is 16.1 Å². The number of para-hydroxylation sites is 1. The lowest BCUT2D eigenvalue weighted by molar-refractivity contribution is -0.131. The lowest BCUT2D eigenvalue weighted by atomic mass is 9.96. The van der Waals surface area contributed by atoms with Crippen LogP contribution in [0, 0.1) is 0 Å². The minimum Gasteiger partial charge on any atom is -0.335 e. The highest BCUT2D eigenvalue weighted by atomic mass is 16.5. The molecule has 0 heterocycles. The first-order valence-electron chi connectivity index (χ1n) is 10.4. The Balaban J connectivity index is 1.65. The Morgan fingerprint density at radius 1 is 1.00 bits per heavy atom. The van der Waals surface area contributed by atoms with E-state index in [2.05, 4.69) is 16.0 Å². The molecule has 0 spiro atoms. The molecule has 160 valence electrons. The fourth-order valence-electron chi connectivity index (χ4n) is 3.53. The smallest absolute Gasteiger partial charge is 0.315 e. The Hall–Kier alpha value is -2.61. The molecule has 1 aromatic rings. The summed E-state index contributed by atoms with van der Waals surface area (Å²) in [6, 6.07) is 8.23. The molecule has 0 saturated heterocycles. The number of carbonyl (C=O) groups excluding carboxylic acids is 3. The van der Waals surface area contributed by atoms with Gasteiger partial charge in [0.25, 0.3) is 5.91 Å². The molecule has 0 aromatic heterocycles. The second-order valence-corrected chi connectivity index (χ2v) is 7.49. The minimum absolute atomic E-state index is 0.0502. The molecule has 2 rings (SSSR count). The summed E-state index contributed by atoms with van der Waals surface area (Å²) in [5.74, 6) is -0.684. The van der Waals surface area contributed by atoms with E-state index in [9.17, 15) is 14.4 Å². The monoisotopic (exact) mass is 404 g/mol. The van der Waals surface area contributed by atoms with Crippen molar-refractivity contribution in [1.29, 1.82) is 0 Å². The van der Waals surface area contributed by atoms with Gasteiger partial charge in [-0.05, 0) is 37.8 Å². The third-order valence-electron chi connectivity index (χ3n) is 5.13. The zero-order valence-corrected chi connectivity index (χ0v) is 16.8. The van der Waals surface area contributed by atoms with Gasteiger partial charge < -0.3 is 16.0 Å². The van der Waals surface area contributed by atoms with Crippen LogP contribution in [0.2, 0.25) is 0 Å². The number of hydrogen-bond donors (Lipinski definition) is 5. The minimum atomic E-state index is -0.804. The summed E-state index contributed by atoms with van der Waals surface area (Å²) in [7, 11) is 0. The van der Waals surface area contributed by atoms with Crippen molar-refractivity contribution >= 4 is 23.5 Å². The quantitative estimate of drug-likeness (QED) is 0.234. The molecule has 5 N–H and O–H groups in total. The lowest BCUT2D eigenvalue weighted by Gasteiger charge is -2.24. The Kier molecular flexibility index (Phi) is 9.99. The fourth-order valence-corrected chi connectivity index (χ4v) is 3.53. The molecular formula is C21H32N4O4. The molecule has 4 amide bonds. The number of carbonyl (C=O) groups is 3. The molecule has 1 aromatic carbocycles. The molecule has 0 aliphatic heterocycles. The number of hydrogen-bond acceptors (Lipinski definition) is 4. The van der Waals surface area contributed by atoms with Crippen molar-refractivity contribution in [2.45, 2.75) is 76.3 Å². The van der Waals surface area contributed by atoms with Crippen LogP contribution in [0.25, 0.3) is 0 Å². The maximum absolute atomic E-state index is 12.2. The number of benzene rings is 1. The molecule has 1 aliphatic rings. The average molecular weight is 405 g/mol. The molecule has 8 heteroatoms. The van der Waals surface area contributed by atoms with Crippen LogP contribution < -0.4 is 21.4 Å². The molecule has 0 unspecified atom stereocenters. The zero-order valence-electron chi connectivity index (χ0n) is 16.8. The van der Waals surface area contributed by atoms with Crippen LogP contribution in [0.4, 0.5) is 10.5 Å². The van der Waals surface area contributed by atoms with Crippen molar-refractivity contribution in [3.8, 4) is 0 Å². The van der Waals surface area contributed by atoms with Crippen LogP contribution in [0.5, 0.6) is 0 Å². The van der Waals surface area contributed by atoms with Gasteiger partial charge in [-0.3, -0.25) is 14.8 Å². The highest BCUT2D eigenvalue weighted by Gasteiger charge is 2.22. The number of urea groups is 1. The summed E-state index contributed by atoms with van der Waals surface area (Å²) < 4.78 is 0. The molecule has 0 radical (unpaired) electrons. The largest absolute Gasteiger partial charge is 0.335 e. The molecule has 1 aliphatic carbocycles. The highest BCUT2D eigenvalue weighted by molar-refractivity contribution is 5.90. The van der Waals surface area contributed by atoms with Gasteiger partial charge in [-0.15, -0.1) is 0 Å². The average Bonchev–Trinajstić information content (AvgIpc) is 2.73. The van der Waals surface area contributed by atoms with Crippen molar-refractivity contribution in [3.05, 3.63) is 30.3 Å². The van der Waals surface area contributed by atoms with Gasteiger partial charge in [0, 0.05) is 18.2 Å². The number of hydroxylamine groups is 1. The van der Waals surface area contributed by atoms with Gasteiger partial charge in [0.05, 0.1) is 0 Å². The number of unbranched alkanes of at least 4 members (excludes halogenated alkanes) is 2. The number of amides is 4. The van der Waals surface area contributed by atoms with Crippen LogP contribution in [0.1, 0.15) is 64.2 Å². The molecule has 8 nitrogen and oxygen atoms in total. The normalized spacial score (nSPS) is 15.2. The summed E-state index contributed by atoms with van der Waals surface area (Å²) in [5, 5.41) is 17.3. The Morgan fingerprint density at radius 2 is 1.72 bits per heavy atom. The van der Waals surface area contributed by atoms with E-state index in [0.29, 0.717) is 25.7 Å². The van der Waals surface area contributed by atoms with Gasteiger partial charge in [0.2, 0.25) is 5.91 Å². The van der Waals surface area contributed by atoms with Crippen molar-refractivity contribution in [2.24, 2.45) is 0 Å². The first kappa shape index (κ1) is 22.7. The van der Waals surface area contributed by atoms with Gasteiger partial charge in [0.15, 0.2) is 0 Å². The van der Waals surface area contributed by atoms with E-state index < -0.39 is 11.9 Å². The van der Waals surface area contributed by atoms with Crippen molar-refractivity contribution in [2.75, 3.05) is 5.32 Å². The van der Waals surface area contributed by atoms with Gasteiger partial charge in [0.1, 0.15) is 6.04 Å². The zero-order chi connectivity index (χ0) is 20.9. The Bertz CT molecular complexity index is 647. The predicted octanol–water partition coefficient (Wildman–Crippen LogP) is 3.08. The van der Waals surface area contributed by atoms with E-state index in [4.69, 9.17) is 5.21 Å². The van der Waals surface area contributed by atoms with Crippen molar-refractivity contribution in [3.63, 3.8) is 0 Å². The Labute approximate surface area is 171 Å². The topological polar surface area (TPSA) is 120 Å². The molecule has 1 fully saturated rings. The predicted molar refractivity (Wildman–Crippen MR) is 110 cm³/mol. The van der Waals surface area contributed by atoms with Crippen LogP contribution >= 0.6 is 0 Å². The third-order valence-corrected chi connectivity index (χ3v) is 5.13. The summed E-state index contributed by atoms with van der Waals surface area (Å²) in [4.78, 5) is 35.9. The third kappa shape index (κ3) is 8.95. The molecule has 0 bridgehead atoms. The number of anilines is 1. The van der Waals surface area contributed by atoms with Gasteiger partial charge >= 0.3 is 6.03 Å². The molecule has 1 atom stereocenters. The van der Waals surface area contributed by atoms with E-state index in [1.54, 1.807) is 5.48 Å². The maximum atomic E-state index is 12.2. The summed E-state index contributed by atoms with van der Waals surface area (Å²) >= 11 is 0. The van der Waals surface area contributed by atoms with E-state index in [1.807, 2.05) is 30.3 Å². The molecular weight excluding hydrogens is 372 g/mol. The second-order valence-electron chi connectivity index (χ2n) is 7.49. The number of nitrogens with one attached hydrogen (secondary N) is 4. The lowest BCUT2D eigenvalue weighted by Crippen LogP contribution is -2.51. The number of rotatable bonds is 10. The fraction of sp³-hybridized carbons (Fsp3) is 0.571. The van der Waals surface area contributed by atoms with Gasteiger partial charge in [-0.2, -0.15) is 0 Å². The highest BCUT2D eigenvalue weighted by Crippen LogP contribution is 2.17. The molecule has 29 heavy (non-hydrogen) atoms. The van der Waals surface area contributed by atoms with E-state index in [1.165, 1.54) is 6.42 Å². The summed E-state index contributed by atoms with van der Waals surface area (Å²) in [5.41, 5.74) is 2.38. The SMILES string of the molecule is O=C(CCCCC[C@H](NC(=O)NC1CCCCC1)C(=O)NO)Nc1ccccc1. The van der Waals surface area contributed by atoms with Crippen LogP contribution in [-0.2, 0) is 9.59 Å². The van der Waals surface area contributed by atoms with Crippen LogP contribution in [0.15, 0.2) is 30.3 Å². The molecule has 1 saturated carbocycles. The van der Waals surface area contributed by atoms with Crippen molar-refractivity contribution < 1.29 is 19.6 Å². The first-order chi connectivity index (χ1) is 14.1.